The molecule has 15 heavy (non-hydrogen) atoms. The van der Waals surface area contributed by atoms with E-state index < -0.39 is 5.60 Å². The minimum absolute atomic E-state index is 0.000324. The molecule has 0 saturated heterocycles. The van der Waals surface area contributed by atoms with Gasteiger partial charge in [-0.1, -0.05) is 25.7 Å². The van der Waals surface area contributed by atoms with E-state index in [2.05, 4.69) is 5.92 Å². The van der Waals surface area contributed by atoms with Crippen LogP contribution in [0.4, 0.5) is 0 Å². The van der Waals surface area contributed by atoms with E-state index in [0.717, 1.165) is 25.7 Å². The number of aliphatic hydroxyl groups is 1. The highest BCUT2D eigenvalue weighted by Gasteiger charge is 2.34. The molecule has 1 aliphatic rings. The predicted octanol–water partition coefficient (Wildman–Crippen LogP) is 2.44. The maximum atomic E-state index is 11.8. The smallest absolute Gasteiger partial charge is 0.164 e. The number of ketones is 1. The van der Waals surface area contributed by atoms with Crippen molar-refractivity contribution in [1.82, 2.24) is 0 Å². The van der Waals surface area contributed by atoms with Crippen molar-refractivity contribution >= 4 is 5.78 Å². The van der Waals surface area contributed by atoms with Gasteiger partial charge in [0.15, 0.2) is 5.78 Å². The zero-order valence-electron chi connectivity index (χ0n) is 9.30. The van der Waals surface area contributed by atoms with Crippen LogP contribution < -0.4 is 0 Å². The van der Waals surface area contributed by atoms with Gasteiger partial charge in [-0.2, -0.15) is 0 Å². The van der Waals surface area contributed by atoms with E-state index in [1.807, 2.05) is 0 Å². The Labute approximate surface area is 92.1 Å². The van der Waals surface area contributed by atoms with Crippen molar-refractivity contribution in [3.05, 3.63) is 0 Å². The van der Waals surface area contributed by atoms with Gasteiger partial charge >= 0.3 is 0 Å². The lowest BCUT2D eigenvalue weighted by Crippen LogP contribution is -2.37. The van der Waals surface area contributed by atoms with Gasteiger partial charge in [0.25, 0.3) is 0 Å². The standard InChI is InChI=1S/C13H20O2/c1-2-3-6-9-12(14)13(15)10-7-4-5-8-11-13/h1,15H,3-11H2. The van der Waals surface area contributed by atoms with Gasteiger partial charge in [-0.3, -0.25) is 4.79 Å². The van der Waals surface area contributed by atoms with E-state index in [9.17, 15) is 9.90 Å². The second-order valence-electron chi connectivity index (χ2n) is 4.43. The normalized spacial score (nSPS) is 20.3. The van der Waals surface area contributed by atoms with Crippen molar-refractivity contribution in [3.63, 3.8) is 0 Å². The molecule has 0 aromatic rings. The highest BCUT2D eigenvalue weighted by Crippen LogP contribution is 2.29. The monoisotopic (exact) mass is 208 g/mol. The van der Waals surface area contributed by atoms with Gasteiger partial charge < -0.3 is 5.11 Å². The van der Waals surface area contributed by atoms with Crippen molar-refractivity contribution in [2.45, 2.75) is 63.4 Å². The van der Waals surface area contributed by atoms with Crippen LogP contribution in [0.5, 0.6) is 0 Å². The van der Waals surface area contributed by atoms with Crippen LogP contribution >= 0.6 is 0 Å². The van der Waals surface area contributed by atoms with Gasteiger partial charge in [0, 0.05) is 12.8 Å². The fraction of sp³-hybridized carbons (Fsp3) is 0.769. The summed E-state index contributed by atoms with van der Waals surface area (Å²) in [5.41, 5.74) is -1.04. The second kappa shape index (κ2) is 5.92. The summed E-state index contributed by atoms with van der Waals surface area (Å²) in [5, 5.41) is 10.2. The number of unbranched alkanes of at least 4 members (excludes halogenated alkanes) is 1. The van der Waals surface area contributed by atoms with E-state index >= 15 is 0 Å². The lowest BCUT2D eigenvalue weighted by Gasteiger charge is -2.24. The Morgan fingerprint density at radius 2 is 1.87 bits per heavy atom. The van der Waals surface area contributed by atoms with Crippen LogP contribution in [0.1, 0.15) is 57.8 Å². The molecule has 84 valence electrons. The van der Waals surface area contributed by atoms with E-state index in [0.29, 0.717) is 32.1 Å². The fourth-order valence-corrected chi connectivity index (χ4v) is 2.18. The molecule has 1 N–H and O–H groups in total. The van der Waals surface area contributed by atoms with Crippen LogP contribution in [-0.2, 0) is 4.79 Å². The van der Waals surface area contributed by atoms with Crippen LogP contribution in [0.2, 0.25) is 0 Å². The third kappa shape index (κ3) is 3.68. The second-order valence-corrected chi connectivity index (χ2v) is 4.43. The predicted molar refractivity (Wildman–Crippen MR) is 60.3 cm³/mol. The molecule has 0 amide bonds. The molecule has 1 saturated carbocycles. The zero-order valence-corrected chi connectivity index (χ0v) is 9.30. The summed E-state index contributed by atoms with van der Waals surface area (Å²) in [6, 6.07) is 0. The molecule has 0 spiro atoms. The first kappa shape index (κ1) is 12.3. The molecule has 0 atom stereocenters. The first-order chi connectivity index (χ1) is 7.19. The van der Waals surface area contributed by atoms with Crippen molar-refractivity contribution in [2.75, 3.05) is 0 Å². The zero-order chi connectivity index (χ0) is 11.1. The van der Waals surface area contributed by atoms with Crippen LogP contribution in [0.3, 0.4) is 0 Å². The average Bonchev–Trinajstić information content (AvgIpc) is 2.44. The first-order valence-corrected chi connectivity index (χ1v) is 5.88. The molecule has 0 heterocycles. The van der Waals surface area contributed by atoms with Crippen LogP contribution in [0.25, 0.3) is 0 Å². The number of hydrogen-bond acceptors (Lipinski definition) is 2. The Bertz CT molecular complexity index is 242. The number of rotatable bonds is 4. The molecule has 0 aromatic heterocycles. The Kier molecular flexibility index (Phi) is 4.84. The van der Waals surface area contributed by atoms with Gasteiger partial charge in [0.2, 0.25) is 0 Å². The van der Waals surface area contributed by atoms with Crippen molar-refractivity contribution < 1.29 is 9.90 Å². The molecule has 0 bridgehead atoms. The van der Waals surface area contributed by atoms with E-state index in [1.54, 1.807) is 0 Å². The molecule has 0 aromatic carbocycles. The number of hydrogen-bond donors (Lipinski definition) is 1. The molecular weight excluding hydrogens is 188 g/mol. The van der Waals surface area contributed by atoms with Gasteiger partial charge in [0.1, 0.15) is 5.60 Å². The summed E-state index contributed by atoms with van der Waals surface area (Å²) in [7, 11) is 0. The van der Waals surface area contributed by atoms with Gasteiger partial charge in [-0.15, -0.1) is 12.3 Å². The van der Waals surface area contributed by atoms with Crippen LogP contribution in [0.15, 0.2) is 0 Å². The lowest BCUT2D eigenvalue weighted by atomic mass is 9.87. The van der Waals surface area contributed by atoms with Gasteiger partial charge in [-0.25, -0.2) is 0 Å². The Balaban J connectivity index is 2.44. The minimum Gasteiger partial charge on any atom is -0.382 e. The molecule has 0 unspecified atom stereocenters. The summed E-state index contributed by atoms with van der Waals surface area (Å²) in [6.45, 7) is 0. The third-order valence-electron chi connectivity index (χ3n) is 3.17. The average molecular weight is 208 g/mol. The van der Waals surface area contributed by atoms with Gasteiger partial charge in [0.05, 0.1) is 0 Å². The summed E-state index contributed by atoms with van der Waals surface area (Å²) in [5.74, 6) is 2.52. The highest BCUT2D eigenvalue weighted by molar-refractivity contribution is 5.87. The number of carbonyl (C=O) groups is 1. The molecule has 1 aliphatic carbocycles. The molecule has 2 heteroatoms. The minimum atomic E-state index is -1.04. The molecule has 1 rings (SSSR count). The summed E-state index contributed by atoms with van der Waals surface area (Å²) in [4.78, 5) is 11.8. The van der Waals surface area contributed by atoms with E-state index in [4.69, 9.17) is 6.42 Å². The third-order valence-corrected chi connectivity index (χ3v) is 3.17. The van der Waals surface area contributed by atoms with Crippen molar-refractivity contribution in [1.29, 1.82) is 0 Å². The van der Waals surface area contributed by atoms with Crippen LogP contribution in [0, 0.1) is 12.3 Å². The molecule has 0 radical (unpaired) electrons. The summed E-state index contributed by atoms with van der Waals surface area (Å²) < 4.78 is 0. The molecule has 1 fully saturated rings. The molecule has 0 aliphatic heterocycles. The van der Waals surface area contributed by atoms with Crippen molar-refractivity contribution in [2.24, 2.45) is 0 Å². The van der Waals surface area contributed by atoms with Crippen LogP contribution in [-0.4, -0.2) is 16.5 Å². The molecule has 2 nitrogen and oxygen atoms in total. The number of Topliss-reactive ketones (excluding diaryl/α,β-unsaturated/α-hetero) is 1. The Morgan fingerprint density at radius 3 is 2.40 bits per heavy atom. The number of terminal acetylenes is 1. The maximum Gasteiger partial charge on any atom is 0.164 e. The van der Waals surface area contributed by atoms with E-state index in [1.165, 1.54) is 0 Å². The van der Waals surface area contributed by atoms with E-state index in [-0.39, 0.29) is 5.78 Å². The summed E-state index contributed by atoms with van der Waals surface area (Å²) >= 11 is 0. The quantitative estimate of drug-likeness (QED) is 0.438. The summed E-state index contributed by atoms with van der Waals surface area (Å²) in [6.07, 6.45) is 12.4. The Hall–Kier alpha value is -0.810. The highest BCUT2D eigenvalue weighted by atomic mass is 16.3. The van der Waals surface area contributed by atoms with Crippen molar-refractivity contribution in [3.8, 4) is 12.3 Å². The number of carbonyl (C=O) groups excluding carboxylic acids is 1. The lowest BCUT2D eigenvalue weighted by molar-refractivity contribution is -0.138. The largest absolute Gasteiger partial charge is 0.382 e. The molecular formula is C13H20O2. The fourth-order valence-electron chi connectivity index (χ4n) is 2.18. The topological polar surface area (TPSA) is 37.3 Å². The SMILES string of the molecule is C#CCCCC(=O)C1(O)CCCCCC1. The van der Waals surface area contributed by atoms with Gasteiger partial charge in [-0.05, 0) is 19.3 Å². The maximum absolute atomic E-state index is 11.8. The first-order valence-electron chi connectivity index (χ1n) is 5.88. The Morgan fingerprint density at radius 1 is 1.27 bits per heavy atom.